The number of hydrogen-bond acceptors (Lipinski definition) is 4. The van der Waals surface area contributed by atoms with E-state index in [4.69, 9.17) is 4.42 Å². The zero-order valence-electron chi connectivity index (χ0n) is 12.1. The summed E-state index contributed by atoms with van der Waals surface area (Å²) in [7, 11) is 0. The van der Waals surface area contributed by atoms with Crippen molar-refractivity contribution in [3.05, 3.63) is 72.0 Å². The maximum atomic E-state index is 10.7. The molecule has 0 saturated carbocycles. The quantitative estimate of drug-likeness (QED) is 0.471. The number of hydrogen-bond donors (Lipinski definition) is 0. The monoisotopic (exact) mass is 290 g/mol. The molecular formula is C18H14N2O2. The molecule has 108 valence electrons. The van der Waals surface area contributed by atoms with Crippen LogP contribution in [-0.2, 0) is 0 Å². The fourth-order valence-corrected chi connectivity index (χ4v) is 2.16. The van der Waals surface area contributed by atoms with E-state index in [0.29, 0.717) is 17.8 Å². The van der Waals surface area contributed by atoms with Crippen molar-refractivity contribution in [2.45, 2.75) is 6.92 Å². The van der Waals surface area contributed by atoms with Crippen LogP contribution in [-0.4, -0.2) is 6.29 Å². The molecule has 0 saturated heterocycles. The molecule has 0 radical (unpaired) electrons. The lowest BCUT2D eigenvalue weighted by Crippen LogP contribution is -1.80. The van der Waals surface area contributed by atoms with Crippen LogP contribution in [0.4, 0.5) is 11.4 Å². The summed E-state index contributed by atoms with van der Waals surface area (Å²) in [5, 5.41) is 8.42. The summed E-state index contributed by atoms with van der Waals surface area (Å²) in [5.74, 6) is 0.994. The molecule has 0 atom stereocenters. The SMILES string of the molecule is Cc1cc(N=Nc2ccccc2)ccc1-c1ccc(C=O)o1. The summed E-state index contributed by atoms with van der Waals surface area (Å²) >= 11 is 0. The van der Waals surface area contributed by atoms with Gasteiger partial charge in [0.2, 0.25) is 0 Å². The van der Waals surface area contributed by atoms with Crippen molar-refractivity contribution in [3.8, 4) is 11.3 Å². The van der Waals surface area contributed by atoms with Gasteiger partial charge in [-0.15, -0.1) is 0 Å². The third kappa shape index (κ3) is 3.01. The van der Waals surface area contributed by atoms with Gasteiger partial charge in [-0.05, 0) is 55.0 Å². The predicted octanol–water partition coefficient (Wildman–Crippen LogP) is 5.48. The Bertz CT molecular complexity index is 820. The summed E-state index contributed by atoms with van der Waals surface area (Å²) in [6.07, 6.45) is 0.696. The Hall–Kier alpha value is -3.01. The third-order valence-electron chi connectivity index (χ3n) is 3.26. The van der Waals surface area contributed by atoms with Gasteiger partial charge < -0.3 is 4.42 Å². The first kappa shape index (κ1) is 13.9. The Kier molecular flexibility index (Phi) is 3.92. The van der Waals surface area contributed by atoms with E-state index in [0.717, 1.165) is 22.5 Å². The molecule has 0 aliphatic carbocycles. The Morgan fingerprint density at radius 3 is 2.36 bits per heavy atom. The minimum absolute atomic E-state index is 0.322. The van der Waals surface area contributed by atoms with Crippen LogP contribution in [0, 0.1) is 6.92 Å². The molecule has 2 aromatic carbocycles. The summed E-state index contributed by atoms with van der Waals surface area (Å²) in [6, 6.07) is 18.7. The zero-order chi connectivity index (χ0) is 15.4. The molecule has 0 fully saturated rings. The molecule has 0 spiro atoms. The van der Waals surface area contributed by atoms with Crippen molar-refractivity contribution in [1.82, 2.24) is 0 Å². The molecular weight excluding hydrogens is 276 g/mol. The second-order valence-electron chi connectivity index (χ2n) is 4.85. The lowest BCUT2D eigenvalue weighted by molar-refractivity contribution is 0.110. The molecule has 0 amide bonds. The molecule has 4 heteroatoms. The van der Waals surface area contributed by atoms with Crippen LogP contribution in [0.2, 0.25) is 0 Å². The number of carbonyl (C=O) groups is 1. The molecule has 3 rings (SSSR count). The number of benzene rings is 2. The number of furan rings is 1. The average molecular weight is 290 g/mol. The number of aryl methyl sites for hydroxylation is 1. The van der Waals surface area contributed by atoms with Gasteiger partial charge in [-0.1, -0.05) is 18.2 Å². The first-order valence-corrected chi connectivity index (χ1v) is 6.89. The molecule has 1 heterocycles. The van der Waals surface area contributed by atoms with E-state index in [-0.39, 0.29) is 0 Å². The third-order valence-corrected chi connectivity index (χ3v) is 3.26. The summed E-state index contributed by atoms with van der Waals surface area (Å²) in [4.78, 5) is 10.7. The number of carbonyl (C=O) groups excluding carboxylic acids is 1. The lowest BCUT2D eigenvalue weighted by Gasteiger charge is -2.03. The van der Waals surface area contributed by atoms with Gasteiger partial charge in [-0.3, -0.25) is 4.79 Å². The van der Waals surface area contributed by atoms with Crippen LogP contribution in [0.15, 0.2) is 75.3 Å². The molecule has 1 aromatic heterocycles. The van der Waals surface area contributed by atoms with Crippen molar-refractivity contribution in [3.63, 3.8) is 0 Å². The highest BCUT2D eigenvalue weighted by Gasteiger charge is 2.07. The number of aldehydes is 1. The van der Waals surface area contributed by atoms with Crippen LogP contribution >= 0.6 is 0 Å². The van der Waals surface area contributed by atoms with Crippen LogP contribution in [0.5, 0.6) is 0 Å². The van der Waals surface area contributed by atoms with Gasteiger partial charge in [0.15, 0.2) is 12.0 Å². The van der Waals surface area contributed by atoms with Gasteiger partial charge >= 0.3 is 0 Å². The first-order chi connectivity index (χ1) is 10.8. The van der Waals surface area contributed by atoms with Gasteiger partial charge in [-0.25, -0.2) is 0 Å². The van der Waals surface area contributed by atoms with Gasteiger partial charge in [0, 0.05) is 5.56 Å². The molecule has 3 aromatic rings. The van der Waals surface area contributed by atoms with Crippen molar-refractivity contribution in [2.24, 2.45) is 10.2 Å². The molecule has 4 nitrogen and oxygen atoms in total. The highest BCUT2D eigenvalue weighted by molar-refractivity contribution is 5.73. The fraction of sp³-hybridized carbons (Fsp3) is 0.0556. The van der Waals surface area contributed by atoms with Crippen LogP contribution < -0.4 is 0 Å². The van der Waals surface area contributed by atoms with E-state index in [9.17, 15) is 4.79 Å². The highest BCUT2D eigenvalue weighted by atomic mass is 16.3. The van der Waals surface area contributed by atoms with Crippen LogP contribution in [0.25, 0.3) is 11.3 Å². The zero-order valence-corrected chi connectivity index (χ0v) is 12.1. The van der Waals surface area contributed by atoms with Gasteiger partial charge in [-0.2, -0.15) is 10.2 Å². The average Bonchev–Trinajstić information content (AvgIpc) is 3.03. The van der Waals surface area contributed by atoms with E-state index < -0.39 is 0 Å². The van der Waals surface area contributed by atoms with Gasteiger partial charge in [0.1, 0.15) is 5.76 Å². The molecule has 0 N–H and O–H groups in total. The van der Waals surface area contributed by atoms with Crippen molar-refractivity contribution >= 4 is 17.7 Å². The van der Waals surface area contributed by atoms with E-state index in [1.54, 1.807) is 12.1 Å². The Morgan fingerprint density at radius 2 is 1.68 bits per heavy atom. The standard InChI is InChI=1S/C18H14N2O2/c1-13-11-15(20-19-14-5-3-2-4-6-14)7-9-17(13)18-10-8-16(12-21)22-18/h2-12H,1H3. The second kappa shape index (κ2) is 6.18. The van der Waals surface area contributed by atoms with Crippen LogP contribution in [0.3, 0.4) is 0 Å². The largest absolute Gasteiger partial charge is 0.453 e. The van der Waals surface area contributed by atoms with Crippen molar-refractivity contribution < 1.29 is 9.21 Å². The van der Waals surface area contributed by atoms with Gasteiger partial charge in [0.25, 0.3) is 0 Å². The molecule has 22 heavy (non-hydrogen) atoms. The normalized spacial score (nSPS) is 11.0. The molecule has 0 unspecified atom stereocenters. The minimum Gasteiger partial charge on any atom is -0.453 e. The maximum absolute atomic E-state index is 10.7. The maximum Gasteiger partial charge on any atom is 0.185 e. The van der Waals surface area contributed by atoms with Crippen molar-refractivity contribution in [1.29, 1.82) is 0 Å². The number of nitrogens with zero attached hydrogens (tertiary/aromatic N) is 2. The summed E-state index contributed by atoms with van der Waals surface area (Å²) in [6.45, 7) is 1.97. The topological polar surface area (TPSA) is 54.9 Å². The first-order valence-electron chi connectivity index (χ1n) is 6.89. The Balaban J connectivity index is 1.86. The summed E-state index contributed by atoms with van der Waals surface area (Å²) < 4.78 is 5.45. The second-order valence-corrected chi connectivity index (χ2v) is 4.85. The minimum atomic E-state index is 0.322. The van der Waals surface area contributed by atoms with E-state index >= 15 is 0 Å². The number of rotatable bonds is 4. The Morgan fingerprint density at radius 1 is 0.909 bits per heavy atom. The smallest absolute Gasteiger partial charge is 0.185 e. The fourth-order valence-electron chi connectivity index (χ4n) is 2.16. The summed E-state index contributed by atoms with van der Waals surface area (Å²) in [5.41, 5.74) is 3.53. The van der Waals surface area contributed by atoms with E-state index in [1.165, 1.54) is 0 Å². The predicted molar refractivity (Wildman–Crippen MR) is 84.9 cm³/mol. The molecule has 0 aliphatic heterocycles. The van der Waals surface area contributed by atoms with E-state index in [2.05, 4.69) is 10.2 Å². The van der Waals surface area contributed by atoms with E-state index in [1.807, 2.05) is 55.5 Å². The number of azo groups is 1. The molecule has 0 bridgehead atoms. The Labute approximate surface area is 128 Å². The molecule has 0 aliphatic rings. The van der Waals surface area contributed by atoms with Crippen molar-refractivity contribution in [2.75, 3.05) is 0 Å². The van der Waals surface area contributed by atoms with Gasteiger partial charge in [0.05, 0.1) is 11.4 Å². The highest BCUT2D eigenvalue weighted by Crippen LogP contribution is 2.29. The lowest BCUT2D eigenvalue weighted by atomic mass is 10.1. The van der Waals surface area contributed by atoms with Crippen LogP contribution in [0.1, 0.15) is 16.1 Å².